The molecule has 13 heteroatoms. The van der Waals surface area contributed by atoms with Crippen molar-refractivity contribution in [3.63, 3.8) is 0 Å². The molecule has 1 N–H and O–H groups in total. The number of nitrogens with one attached hydrogen (secondary N) is 1. The van der Waals surface area contributed by atoms with Crippen molar-refractivity contribution in [1.82, 2.24) is 19.5 Å². The molecular weight excluding hydrogens is 479 g/mol. The van der Waals surface area contributed by atoms with Gasteiger partial charge in [0.15, 0.2) is 10.8 Å². The van der Waals surface area contributed by atoms with Crippen LogP contribution in [-0.2, 0) is 10.0 Å². The maximum atomic E-state index is 14.7. The number of thioether (sulfide) groups is 1. The molecule has 0 aliphatic rings. The molecule has 0 spiro atoms. The van der Waals surface area contributed by atoms with Crippen molar-refractivity contribution in [2.24, 2.45) is 0 Å². The van der Waals surface area contributed by atoms with Gasteiger partial charge >= 0.3 is 0 Å². The summed E-state index contributed by atoms with van der Waals surface area (Å²) >= 11 is 1.31. The van der Waals surface area contributed by atoms with Crippen molar-refractivity contribution in [2.75, 3.05) is 16.7 Å². The van der Waals surface area contributed by atoms with Gasteiger partial charge in [0.1, 0.15) is 17.0 Å². The summed E-state index contributed by atoms with van der Waals surface area (Å²) in [6.07, 6.45) is 2.36. The summed E-state index contributed by atoms with van der Waals surface area (Å²) in [5.41, 5.74) is -0.184. The third kappa shape index (κ3) is 5.82. The lowest BCUT2D eigenvalue weighted by Crippen LogP contribution is -2.26. The van der Waals surface area contributed by atoms with E-state index < -0.39 is 45.2 Å². The van der Waals surface area contributed by atoms with E-state index in [1.165, 1.54) is 28.6 Å². The van der Waals surface area contributed by atoms with Gasteiger partial charge in [0.05, 0.1) is 17.6 Å². The molecule has 0 aliphatic heterocycles. The Hall–Kier alpha value is -2.67. The van der Waals surface area contributed by atoms with Crippen LogP contribution < -0.4 is 10.3 Å². The Labute approximate surface area is 192 Å². The number of fused-ring (bicyclic) bond motifs is 1. The molecule has 178 valence electrons. The van der Waals surface area contributed by atoms with E-state index in [-0.39, 0.29) is 17.3 Å². The second-order valence-electron chi connectivity index (χ2n) is 7.73. The minimum Gasteiger partial charge on any atom is -0.287 e. The number of nitrogens with zero attached hydrogens (tertiary/aromatic N) is 4. The Bertz CT molecular complexity index is 1360. The van der Waals surface area contributed by atoms with Gasteiger partial charge < -0.3 is 0 Å². The minimum atomic E-state index is -4.20. The Morgan fingerprint density at radius 1 is 1.24 bits per heavy atom. The van der Waals surface area contributed by atoms with Crippen LogP contribution in [-0.4, -0.2) is 45.9 Å². The smallest absolute Gasteiger partial charge is 0.278 e. The predicted molar refractivity (Wildman–Crippen MR) is 122 cm³/mol. The average molecular weight is 502 g/mol. The number of aromatic nitrogens is 4. The highest BCUT2D eigenvalue weighted by atomic mass is 32.2. The lowest BCUT2D eigenvalue weighted by molar-refractivity contribution is 0.0189. The SMILES string of the molecule is CSc1ncc2nc(-c3ccc(NS(=O)(=O)CCC(C)(F)F)c(F)c3)c(=O)n(C(C)C)c2n1. The standard InChI is InChI=1S/C20H22F3N5O3S2/c1-11(2)28-17-15(10-24-19(26-17)32-4)25-16(18(28)29)12-5-6-14(13(21)9-12)27-33(30,31)8-7-20(3,22)23/h5-6,9-11,27H,7-8H2,1-4H3. The summed E-state index contributed by atoms with van der Waals surface area (Å²) in [7, 11) is -4.20. The number of anilines is 1. The summed E-state index contributed by atoms with van der Waals surface area (Å²) in [6, 6.07) is 3.13. The monoisotopic (exact) mass is 501 g/mol. The molecule has 0 amide bonds. The van der Waals surface area contributed by atoms with Gasteiger partial charge in [0.2, 0.25) is 15.9 Å². The number of alkyl halides is 2. The van der Waals surface area contributed by atoms with Crippen LogP contribution >= 0.6 is 11.8 Å². The summed E-state index contributed by atoms with van der Waals surface area (Å²) in [5, 5.41) is 0.467. The molecule has 0 fully saturated rings. The van der Waals surface area contributed by atoms with Crippen molar-refractivity contribution in [3.05, 3.63) is 40.6 Å². The van der Waals surface area contributed by atoms with Gasteiger partial charge in [0.25, 0.3) is 5.56 Å². The predicted octanol–water partition coefficient (Wildman–Crippen LogP) is 4.08. The highest BCUT2D eigenvalue weighted by Gasteiger charge is 2.25. The lowest BCUT2D eigenvalue weighted by atomic mass is 10.1. The molecule has 2 heterocycles. The fourth-order valence-electron chi connectivity index (χ4n) is 3.03. The van der Waals surface area contributed by atoms with Crippen LogP contribution in [0.25, 0.3) is 22.4 Å². The Morgan fingerprint density at radius 2 is 1.94 bits per heavy atom. The number of halogens is 3. The van der Waals surface area contributed by atoms with Crippen LogP contribution in [0, 0.1) is 5.82 Å². The second-order valence-corrected chi connectivity index (χ2v) is 10.3. The molecule has 0 saturated heterocycles. The van der Waals surface area contributed by atoms with Crippen molar-refractivity contribution >= 4 is 38.6 Å². The van der Waals surface area contributed by atoms with E-state index in [1.54, 1.807) is 20.1 Å². The molecule has 0 atom stereocenters. The second kappa shape index (κ2) is 9.29. The highest BCUT2D eigenvalue weighted by Crippen LogP contribution is 2.25. The fraction of sp³-hybridized carbons (Fsp3) is 0.400. The first kappa shape index (κ1) is 25.0. The molecule has 8 nitrogen and oxygen atoms in total. The van der Waals surface area contributed by atoms with Gasteiger partial charge in [-0.2, -0.15) is 0 Å². The topological polar surface area (TPSA) is 107 Å². The van der Waals surface area contributed by atoms with E-state index in [1.807, 2.05) is 4.72 Å². The average Bonchev–Trinajstić information content (AvgIpc) is 2.72. The van der Waals surface area contributed by atoms with Gasteiger partial charge in [-0.3, -0.25) is 14.1 Å². The highest BCUT2D eigenvalue weighted by molar-refractivity contribution is 7.98. The first-order valence-corrected chi connectivity index (χ1v) is 12.7. The lowest BCUT2D eigenvalue weighted by Gasteiger charge is -2.15. The Morgan fingerprint density at radius 3 is 2.52 bits per heavy atom. The maximum Gasteiger partial charge on any atom is 0.278 e. The minimum absolute atomic E-state index is 0.0596. The van der Waals surface area contributed by atoms with Crippen LogP contribution in [0.15, 0.2) is 34.3 Å². The molecule has 0 aliphatic carbocycles. The van der Waals surface area contributed by atoms with Gasteiger partial charge in [0, 0.05) is 18.0 Å². The van der Waals surface area contributed by atoms with E-state index >= 15 is 0 Å². The van der Waals surface area contributed by atoms with E-state index in [0.717, 1.165) is 12.1 Å². The first-order chi connectivity index (χ1) is 15.3. The zero-order chi connectivity index (χ0) is 24.6. The zero-order valence-corrected chi connectivity index (χ0v) is 19.9. The number of hydrogen-bond donors (Lipinski definition) is 1. The normalized spacial score (nSPS) is 12.5. The molecule has 0 bridgehead atoms. The molecule has 1 aromatic carbocycles. The van der Waals surface area contributed by atoms with Crippen molar-refractivity contribution in [3.8, 4) is 11.3 Å². The number of rotatable bonds is 8. The molecule has 3 aromatic rings. The van der Waals surface area contributed by atoms with Crippen molar-refractivity contribution in [1.29, 1.82) is 0 Å². The van der Waals surface area contributed by atoms with Gasteiger partial charge in [-0.05, 0) is 39.2 Å². The van der Waals surface area contributed by atoms with Crippen LogP contribution in [0.4, 0.5) is 18.9 Å². The quantitative estimate of drug-likeness (QED) is 0.366. The maximum absolute atomic E-state index is 14.7. The van der Waals surface area contributed by atoms with E-state index in [0.29, 0.717) is 23.2 Å². The van der Waals surface area contributed by atoms with Crippen LogP contribution in [0.1, 0.15) is 33.2 Å². The summed E-state index contributed by atoms with van der Waals surface area (Å²) in [4.78, 5) is 26.0. The van der Waals surface area contributed by atoms with Crippen molar-refractivity contribution < 1.29 is 21.6 Å². The summed E-state index contributed by atoms with van der Waals surface area (Å²) in [5.74, 6) is -5.03. The molecule has 33 heavy (non-hydrogen) atoms. The molecule has 0 radical (unpaired) electrons. The summed E-state index contributed by atoms with van der Waals surface area (Å²) < 4.78 is 68.1. The van der Waals surface area contributed by atoms with Crippen LogP contribution in [0.5, 0.6) is 0 Å². The largest absolute Gasteiger partial charge is 0.287 e. The van der Waals surface area contributed by atoms with Gasteiger partial charge in [-0.1, -0.05) is 17.8 Å². The van der Waals surface area contributed by atoms with Crippen molar-refractivity contribution in [2.45, 2.75) is 44.3 Å². The van der Waals surface area contributed by atoms with E-state index in [9.17, 15) is 26.4 Å². The Kier molecular flexibility index (Phi) is 7.03. The number of hydrogen-bond acceptors (Lipinski definition) is 7. The molecular formula is C20H22F3N5O3S2. The zero-order valence-electron chi connectivity index (χ0n) is 18.3. The van der Waals surface area contributed by atoms with Gasteiger partial charge in [-0.25, -0.2) is 36.5 Å². The fourth-order valence-corrected chi connectivity index (χ4v) is 4.59. The summed E-state index contributed by atoms with van der Waals surface area (Å²) in [6.45, 7) is 4.19. The van der Waals surface area contributed by atoms with E-state index in [2.05, 4.69) is 15.0 Å². The third-order valence-corrected chi connectivity index (χ3v) is 6.46. The third-order valence-electron chi connectivity index (χ3n) is 4.63. The van der Waals surface area contributed by atoms with E-state index in [4.69, 9.17) is 0 Å². The molecule has 0 saturated carbocycles. The molecule has 0 unspecified atom stereocenters. The van der Waals surface area contributed by atoms with Gasteiger partial charge in [-0.15, -0.1) is 0 Å². The number of benzene rings is 1. The first-order valence-electron chi connectivity index (χ1n) is 9.83. The molecule has 3 rings (SSSR count). The van der Waals surface area contributed by atoms with Crippen LogP contribution in [0.3, 0.4) is 0 Å². The molecule has 2 aromatic heterocycles. The Balaban J connectivity index is 2.02. The van der Waals surface area contributed by atoms with Crippen LogP contribution in [0.2, 0.25) is 0 Å². The number of sulfonamides is 1.